The second kappa shape index (κ2) is 4.39. The molecule has 10 heteroatoms. The van der Waals surface area contributed by atoms with Gasteiger partial charge in [-0.1, -0.05) is 0 Å². The summed E-state index contributed by atoms with van der Waals surface area (Å²) in [5.41, 5.74) is 5.49. The molecule has 0 spiro atoms. The second-order valence-electron chi connectivity index (χ2n) is 3.92. The van der Waals surface area contributed by atoms with Crippen LogP contribution in [0.1, 0.15) is 11.4 Å². The maximum Gasteiger partial charge on any atom is 0.282 e. The fourth-order valence-corrected chi connectivity index (χ4v) is 2.49. The summed E-state index contributed by atoms with van der Waals surface area (Å²) in [5, 5.41) is 13.3. The number of hydrogen-bond donors (Lipinski definition) is 4. The van der Waals surface area contributed by atoms with Gasteiger partial charge in [0.25, 0.3) is 10.0 Å². The van der Waals surface area contributed by atoms with Crippen LogP contribution in [-0.2, 0) is 17.1 Å². The number of nitrogens with two attached hydrogens (primary N) is 1. The summed E-state index contributed by atoms with van der Waals surface area (Å²) in [6, 6.07) is 0. The number of nitrogen functional groups attached to an aromatic ring is 1. The van der Waals surface area contributed by atoms with Crippen LogP contribution in [0.2, 0.25) is 0 Å². The van der Waals surface area contributed by atoms with E-state index in [0.29, 0.717) is 5.82 Å². The molecule has 5 N–H and O–H groups in total. The molecule has 0 bridgehead atoms. The molecule has 0 aliphatic rings. The SMILES string of the molecule is Cc1nc(S(=O)(=O)Nc2[nH]ncc2C(=N)N)cn1C. The van der Waals surface area contributed by atoms with E-state index in [4.69, 9.17) is 11.1 Å². The lowest BCUT2D eigenvalue weighted by Gasteiger charge is -2.04. The number of rotatable bonds is 4. The molecule has 2 heterocycles. The number of hydrogen-bond acceptors (Lipinski definition) is 5. The quantitative estimate of drug-likeness (QED) is 0.443. The van der Waals surface area contributed by atoms with Crippen molar-refractivity contribution >= 4 is 21.7 Å². The van der Waals surface area contributed by atoms with E-state index in [1.165, 1.54) is 12.4 Å². The number of nitrogens with one attached hydrogen (secondary N) is 3. The molecular formula is C9H13N7O2S. The van der Waals surface area contributed by atoms with Crippen LogP contribution >= 0.6 is 0 Å². The van der Waals surface area contributed by atoms with Gasteiger partial charge in [0.2, 0.25) is 0 Å². The third-order valence-corrected chi connectivity index (χ3v) is 3.75. The van der Waals surface area contributed by atoms with E-state index in [1.54, 1.807) is 18.5 Å². The molecule has 0 saturated heterocycles. The van der Waals surface area contributed by atoms with Crippen molar-refractivity contribution in [1.29, 1.82) is 5.41 Å². The maximum atomic E-state index is 12.1. The zero-order chi connectivity index (χ0) is 14.2. The highest BCUT2D eigenvalue weighted by atomic mass is 32.2. The number of nitrogens with zero attached hydrogens (tertiary/aromatic N) is 3. The predicted molar refractivity (Wildman–Crippen MR) is 68.4 cm³/mol. The van der Waals surface area contributed by atoms with E-state index in [9.17, 15) is 8.42 Å². The average Bonchev–Trinajstić information content (AvgIpc) is 2.87. The molecule has 102 valence electrons. The van der Waals surface area contributed by atoms with Gasteiger partial charge in [0.1, 0.15) is 17.5 Å². The smallest absolute Gasteiger partial charge is 0.282 e. The van der Waals surface area contributed by atoms with E-state index >= 15 is 0 Å². The molecule has 2 aromatic heterocycles. The van der Waals surface area contributed by atoms with Gasteiger partial charge < -0.3 is 10.3 Å². The van der Waals surface area contributed by atoms with Gasteiger partial charge in [-0.25, -0.2) is 4.98 Å². The van der Waals surface area contributed by atoms with Crippen LogP contribution in [0, 0.1) is 12.3 Å². The first kappa shape index (κ1) is 13.1. The van der Waals surface area contributed by atoms with Crippen molar-refractivity contribution in [2.24, 2.45) is 12.8 Å². The fraction of sp³-hybridized carbons (Fsp3) is 0.222. The van der Waals surface area contributed by atoms with Crippen molar-refractivity contribution in [1.82, 2.24) is 19.7 Å². The topological polar surface area (TPSA) is 143 Å². The molecule has 0 saturated carbocycles. The van der Waals surface area contributed by atoms with Gasteiger partial charge >= 0.3 is 0 Å². The maximum absolute atomic E-state index is 12.1. The predicted octanol–water partition coefficient (Wildman–Crippen LogP) is -0.464. The summed E-state index contributed by atoms with van der Waals surface area (Å²) in [6.07, 6.45) is 2.66. The summed E-state index contributed by atoms with van der Waals surface area (Å²) < 4.78 is 28.0. The Bertz CT molecular complexity index is 708. The normalized spacial score (nSPS) is 11.5. The lowest BCUT2D eigenvalue weighted by molar-refractivity contribution is 0.597. The van der Waals surface area contributed by atoms with Crippen molar-refractivity contribution in [3.05, 3.63) is 23.8 Å². The van der Waals surface area contributed by atoms with Gasteiger partial charge in [0, 0.05) is 13.2 Å². The largest absolute Gasteiger partial charge is 0.384 e. The molecule has 0 aromatic carbocycles. The van der Waals surface area contributed by atoms with Crippen molar-refractivity contribution in [2.45, 2.75) is 11.9 Å². The van der Waals surface area contributed by atoms with Gasteiger partial charge in [-0.3, -0.25) is 15.2 Å². The minimum Gasteiger partial charge on any atom is -0.384 e. The number of amidine groups is 1. The summed E-state index contributed by atoms with van der Waals surface area (Å²) in [4.78, 5) is 3.93. The van der Waals surface area contributed by atoms with Crippen LogP contribution < -0.4 is 10.5 Å². The first-order chi connectivity index (χ1) is 8.81. The molecule has 0 aliphatic carbocycles. The minimum atomic E-state index is -3.85. The molecule has 19 heavy (non-hydrogen) atoms. The Morgan fingerprint density at radius 1 is 1.58 bits per heavy atom. The van der Waals surface area contributed by atoms with Crippen LogP contribution in [0.4, 0.5) is 5.82 Å². The molecule has 0 radical (unpaired) electrons. The molecule has 9 nitrogen and oxygen atoms in total. The molecule has 2 rings (SSSR count). The summed E-state index contributed by atoms with van der Waals surface area (Å²) in [6.45, 7) is 1.69. The number of aromatic nitrogens is 4. The summed E-state index contributed by atoms with van der Waals surface area (Å²) in [5.74, 6) is 0.316. The number of anilines is 1. The Balaban J connectivity index is 2.36. The van der Waals surface area contributed by atoms with E-state index in [1.807, 2.05) is 0 Å². The van der Waals surface area contributed by atoms with Gasteiger partial charge in [0.15, 0.2) is 5.03 Å². The zero-order valence-electron chi connectivity index (χ0n) is 10.3. The third-order valence-electron chi connectivity index (χ3n) is 2.53. The molecule has 2 aromatic rings. The van der Waals surface area contributed by atoms with Crippen molar-refractivity contribution in [2.75, 3.05) is 4.72 Å². The van der Waals surface area contributed by atoms with Gasteiger partial charge in [-0.05, 0) is 6.92 Å². The Morgan fingerprint density at radius 2 is 2.26 bits per heavy atom. The number of aromatic amines is 1. The average molecular weight is 283 g/mol. The highest BCUT2D eigenvalue weighted by Crippen LogP contribution is 2.16. The van der Waals surface area contributed by atoms with Crippen LogP contribution in [0.5, 0.6) is 0 Å². The Labute approximate surface area is 109 Å². The van der Waals surface area contributed by atoms with Crippen LogP contribution in [-0.4, -0.2) is 34.0 Å². The monoisotopic (exact) mass is 283 g/mol. The van der Waals surface area contributed by atoms with Crippen molar-refractivity contribution in [3.63, 3.8) is 0 Å². The number of H-pyrrole nitrogens is 1. The molecule has 0 fully saturated rings. The highest BCUT2D eigenvalue weighted by molar-refractivity contribution is 7.92. The number of sulfonamides is 1. The van der Waals surface area contributed by atoms with Gasteiger partial charge in [-0.15, -0.1) is 0 Å². The first-order valence-electron chi connectivity index (χ1n) is 5.22. The standard InChI is InChI=1S/C9H13N7O2S/c1-5-13-7(4-16(5)2)19(17,18)15-9-6(8(10)11)3-12-14-9/h3-4H,1-2H3,(H3,10,11)(H2,12,14,15). The van der Waals surface area contributed by atoms with E-state index in [-0.39, 0.29) is 22.2 Å². The Morgan fingerprint density at radius 3 is 2.79 bits per heavy atom. The molecule has 0 amide bonds. The number of aryl methyl sites for hydroxylation is 2. The molecular weight excluding hydrogens is 270 g/mol. The van der Waals surface area contributed by atoms with E-state index in [2.05, 4.69) is 19.9 Å². The lowest BCUT2D eigenvalue weighted by atomic mass is 10.3. The molecule has 0 atom stereocenters. The van der Waals surface area contributed by atoms with Crippen LogP contribution in [0.15, 0.2) is 17.4 Å². The van der Waals surface area contributed by atoms with Gasteiger partial charge in [0.05, 0.1) is 11.8 Å². The van der Waals surface area contributed by atoms with Gasteiger partial charge in [-0.2, -0.15) is 13.5 Å². The lowest BCUT2D eigenvalue weighted by Crippen LogP contribution is -2.18. The van der Waals surface area contributed by atoms with Crippen LogP contribution in [0.25, 0.3) is 0 Å². The van der Waals surface area contributed by atoms with Crippen molar-refractivity contribution < 1.29 is 8.42 Å². The highest BCUT2D eigenvalue weighted by Gasteiger charge is 2.21. The first-order valence-corrected chi connectivity index (χ1v) is 6.70. The molecule has 0 unspecified atom stereocenters. The van der Waals surface area contributed by atoms with E-state index < -0.39 is 10.0 Å². The van der Waals surface area contributed by atoms with Crippen LogP contribution in [0.3, 0.4) is 0 Å². The Kier molecular flexibility index (Phi) is 3.02. The minimum absolute atomic E-state index is 0.0378. The number of imidazole rings is 1. The van der Waals surface area contributed by atoms with Crippen molar-refractivity contribution in [3.8, 4) is 0 Å². The third kappa shape index (κ3) is 2.42. The Hall–Kier alpha value is -2.36. The summed E-state index contributed by atoms with van der Waals surface area (Å²) >= 11 is 0. The zero-order valence-corrected chi connectivity index (χ0v) is 11.1. The second-order valence-corrected chi connectivity index (χ2v) is 5.54. The summed E-state index contributed by atoms with van der Waals surface area (Å²) in [7, 11) is -2.15. The molecule has 0 aliphatic heterocycles. The van der Waals surface area contributed by atoms with E-state index in [0.717, 1.165) is 0 Å². The fourth-order valence-electron chi connectivity index (χ4n) is 1.41.